The van der Waals surface area contributed by atoms with Crippen molar-refractivity contribution in [3.05, 3.63) is 35.5 Å². The second-order valence-corrected chi connectivity index (χ2v) is 12.8. The molecule has 0 amide bonds. The molecule has 7 rings (SSSR count). The van der Waals surface area contributed by atoms with Gasteiger partial charge in [0.25, 0.3) is 0 Å². The molecule has 5 fully saturated rings. The maximum absolute atomic E-state index is 14.1. The van der Waals surface area contributed by atoms with Gasteiger partial charge in [0.15, 0.2) is 5.78 Å². The molecule has 5 aliphatic carbocycles. The van der Waals surface area contributed by atoms with E-state index in [0.29, 0.717) is 37.7 Å². The minimum absolute atomic E-state index is 0.0221. The third kappa shape index (κ3) is 2.30. The zero-order valence-electron chi connectivity index (χ0n) is 20.7. The van der Waals surface area contributed by atoms with E-state index in [1.807, 2.05) is 13.8 Å². The minimum Gasteiger partial charge on any atom is -0.462 e. The van der Waals surface area contributed by atoms with E-state index in [9.17, 15) is 19.5 Å². The summed E-state index contributed by atoms with van der Waals surface area (Å²) in [6.07, 6.45) is 7.25. The normalized spacial score (nSPS) is 53.8. The van der Waals surface area contributed by atoms with Gasteiger partial charge in [0.2, 0.25) is 0 Å². The molecule has 2 heterocycles. The summed E-state index contributed by atoms with van der Waals surface area (Å²) in [5, 5.41) is 12.3. The van der Waals surface area contributed by atoms with E-state index in [4.69, 9.17) is 9.47 Å². The average Bonchev–Trinajstić information content (AvgIpc) is 3.51. The lowest BCUT2D eigenvalue weighted by Gasteiger charge is -2.53. The quantitative estimate of drug-likeness (QED) is 0.325. The van der Waals surface area contributed by atoms with Crippen LogP contribution in [-0.4, -0.2) is 40.6 Å². The minimum atomic E-state index is -1.17. The highest BCUT2D eigenvalue weighted by atomic mass is 16.6. The van der Waals surface area contributed by atoms with Crippen LogP contribution in [0.2, 0.25) is 0 Å². The van der Waals surface area contributed by atoms with Crippen molar-refractivity contribution in [2.24, 2.45) is 46.3 Å². The zero-order valence-corrected chi connectivity index (χ0v) is 20.7. The number of ketones is 1. The number of hydrogen-bond donors (Lipinski definition) is 1. The number of fused-ring (bicyclic) bond motifs is 4. The Balaban J connectivity index is 1.42. The third-order valence-corrected chi connectivity index (χ3v) is 11.6. The van der Waals surface area contributed by atoms with E-state index in [1.165, 1.54) is 5.57 Å². The van der Waals surface area contributed by atoms with Gasteiger partial charge < -0.3 is 14.6 Å². The van der Waals surface area contributed by atoms with Gasteiger partial charge in [-0.2, -0.15) is 0 Å². The summed E-state index contributed by atoms with van der Waals surface area (Å²) < 4.78 is 12.2. The molecule has 0 aromatic heterocycles. The molecule has 1 N–H and O–H groups in total. The lowest BCUT2D eigenvalue weighted by Crippen LogP contribution is -2.60. The molecule has 7 aliphatic rings. The summed E-state index contributed by atoms with van der Waals surface area (Å²) in [7, 11) is 0. The average molecular weight is 479 g/mol. The van der Waals surface area contributed by atoms with Gasteiger partial charge in [-0.25, -0.2) is 4.79 Å². The van der Waals surface area contributed by atoms with Crippen molar-refractivity contribution in [3.63, 3.8) is 0 Å². The number of carbonyl (C=O) groups is 3. The summed E-state index contributed by atoms with van der Waals surface area (Å²) in [5.74, 6) is -0.278. The summed E-state index contributed by atoms with van der Waals surface area (Å²) in [5.41, 5.74) is -0.407. The van der Waals surface area contributed by atoms with Gasteiger partial charge >= 0.3 is 11.9 Å². The monoisotopic (exact) mass is 478 g/mol. The first kappa shape index (κ1) is 22.0. The predicted octanol–water partition coefficient (Wildman–Crippen LogP) is 3.68. The van der Waals surface area contributed by atoms with Gasteiger partial charge in [0.1, 0.15) is 12.2 Å². The molecule has 0 aromatic rings. The molecule has 3 saturated carbocycles. The van der Waals surface area contributed by atoms with Crippen LogP contribution in [-0.2, 0) is 23.9 Å². The number of allylic oxidation sites excluding steroid dienone is 3. The molecule has 186 valence electrons. The van der Waals surface area contributed by atoms with E-state index in [0.717, 1.165) is 12.0 Å². The highest BCUT2D eigenvalue weighted by Crippen LogP contribution is 2.77. The van der Waals surface area contributed by atoms with Crippen LogP contribution in [0.1, 0.15) is 59.3 Å². The second kappa shape index (κ2) is 6.56. The summed E-state index contributed by atoms with van der Waals surface area (Å²) >= 11 is 0. The van der Waals surface area contributed by atoms with Crippen molar-refractivity contribution in [1.29, 1.82) is 0 Å². The van der Waals surface area contributed by atoms with Gasteiger partial charge in [0, 0.05) is 35.2 Å². The predicted molar refractivity (Wildman–Crippen MR) is 126 cm³/mol. The molecule has 6 heteroatoms. The van der Waals surface area contributed by atoms with Crippen LogP contribution in [0.25, 0.3) is 0 Å². The number of esters is 2. The standard InChI is InChI=1S/C29H34O6/c1-13-9-22-20(10-19-14(2)21(30)11-18(13)19)28(26(32)34-22)12-16-5-8-29(28)23(16)24-17(6-7-27(29,4)33)15(3)25(31)35-24/h5,8,13,16-18,20,22-24,33H,3,6-7,9-12H2,1-2,4H3/t13-,16+,17-,18-,20-,22-,23+,24-,27+,28+,29+/m0/s1. The first-order chi connectivity index (χ1) is 16.5. The number of aliphatic hydroxyl groups is 1. The van der Waals surface area contributed by atoms with Crippen LogP contribution in [0.4, 0.5) is 0 Å². The SMILES string of the molecule is C=C1C(=O)O[C@@H]2[C@H]3[C@@H]4C=C[C@]3([C@@]3(C4)C(=O)O[C@H]4C[C@H](C)[C@@H]5CC(=O)C(C)=C5C[C@@H]43)[C@](C)(O)CC[C@@H]12. The molecular weight excluding hydrogens is 444 g/mol. The first-order valence-corrected chi connectivity index (χ1v) is 13.3. The molecule has 2 saturated heterocycles. The largest absolute Gasteiger partial charge is 0.462 e. The molecule has 11 atom stereocenters. The molecule has 0 radical (unpaired) electrons. The zero-order chi connectivity index (χ0) is 24.7. The topological polar surface area (TPSA) is 89.9 Å². The first-order valence-electron chi connectivity index (χ1n) is 13.3. The number of carbonyl (C=O) groups excluding carboxylic acids is 3. The number of rotatable bonds is 0. The summed E-state index contributed by atoms with van der Waals surface area (Å²) in [6.45, 7) is 10.0. The van der Waals surface area contributed by atoms with Crippen LogP contribution in [0.15, 0.2) is 35.5 Å². The van der Waals surface area contributed by atoms with Gasteiger partial charge in [-0.05, 0) is 69.3 Å². The van der Waals surface area contributed by atoms with Gasteiger partial charge in [0.05, 0.1) is 11.0 Å². The number of ether oxygens (including phenoxy) is 2. The number of hydrogen-bond acceptors (Lipinski definition) is 6. The lowest BCUT2D eigenvalue weighted by molar-refractivity contribution is -0.175. The molecule has 2 aliphatic heterocycles. The molecule has 0 unspecified atom stereocenters. The fourth-order valence-electron chi connectivity index (χ4n) is 10.1. The van der Waals surface area contributed by atoms with Crippen LogP contribution < -0.4 is 0 Å². The second-order valence-electron chi connectivity index (χ2n) is 12.8. The van der Waals surface area contributed by atoms with Crippen molar-refractivity contribution in [1.82, 2.24) is 0 Å². The van der Waals surface area contributed by atoms with Crippen LogP contribution in [0, 0.1) is 46.3 Å². The Morgan fingerprint density at radius 3 is 2.69 bits per heavy atom. The van der Waals surface area contributed by atoms with Crippen molar-refractivity contribution < 1.29 is 29.0 Å². The van der Waals surface area contributed by atoms with Crippen molar-refractivity contribution >= 4 is 17.7 Å². The maximum Gasteiger partial charge on any atom is 0.334 e. The smallest absolute Gasteiger partial charge is 0.334 e. The van der Waals surface area contributed by atoms with Crippen molar-refractivity contribution in [2.45, 2.75) is 77.1 Å². The van der Waals surface area contributed by atoms with Crippen LogP contribution in [0.5, 0.6) is 0 Å². The van der Waals surface area contributed by atoms with Crippen molar-refractivity contribution in [2.75, 3.05) is 0 Å². The summed E-state index contributed by atoms with van der Waals surface area (Å²) in [4.78, 5) is 39.4. The highest BCUT2D eigenvalue weighted by Gasteiger charge is 2.82. The number of Topliss-reactive ketones (excluding diaryl/α,β-unsaturated/α-hetero) is 1. The lowest BCUT2D eigenvalue weighted by atomic mass is 9.49. The van der Waals surface area contributed by atoms with Crippen molar-refractivity contribution in [3.8, 4) is 0 Å². The van der Waals surface area contributed by atoms with Crippen LogP contribution >= 0.6 is 0 Å². The van der Waals surface area contributed by atoms with Gasteiger partial charge in [-0.3, -0.25) is 9.59 Å². The van der Waals surface area contributed by atoms with Gasteiger partial charge in [-0.1, -0.05) is 31.2 Å². The van der Waals surface area contributed by atoms with E-state index < -0.39 is 16.4 Å². The molecule has 6 nitrogen and oxygen atoms in total. The molecule has 35 heavy (non-hydrogen) atoms. The fraction of sp³-hybridized carbons (Fsp3) is 0.690. The Bertz CT molecular complexity index is 1160. The maximum atomic E-state index is 14.1. The molecule has 2 bridgehead atoms. The van der Waals surface area contributed by atoms with Gasteiger partial charge in [-0.15, -0.1) is 0 Å². The van der Waals surface area contributed by atoms with E-state index in [1.54, 1.807) is 0 Å². The molecular formula is C29H34O6. The molecule has 0 aromatic carbocycles. The van der Waals surface area contributed by atoms with Crippen LogP contribution in [0.3, 0.4) is 0 Å². The Hall–Kier alpha value is -2.21. The molecule has 1 spiro atoms. The highest BCUT2D eigenvalue weighted by molar-refractivity contribution is 5.98. The van der Waals surface area contributed by atoms with E-state index in [2.05, 4.69) is 25.7 Å². The Morgan fingerprint density at radius 1 is 1.14 bits per heavy atom. The summed E-state index contributed by atoms with van der Waals surface area (Å²) in [6, 6.07) is 0. The van der Waals surface area contributed by atoms with E-state index in [-0.39, 0.29) is 65.4 Å². The Kier molecular flexibility index (Phi) is 4.13. The third-order valence-electron chi connectivity index (χ3n) is 11.6. The Morgan fingerprint density at radius 2 is 1.91 bits per heavy atom. The fourth-order valence-corrected chi connectivity index (χ4v) is 10.1. The van der Waals surface area contributed by atoms with E-state index >= 15 is 0 Å². The Labute approximate surface area is 205 Å².